The molecule has 6 heteroatoms. The molecule has 0 saturated heterocycles. The maximum absolute atomic E-state index is 12.5. The number of carbonyl (C=O) groups is 1. The van der Waals surface area contributed by atoms with Gasteiger partial charge in [-0.05, 0) is 49.1 Å². The summed E-state index contributed by atoms with van der Waals surface area (Å²) in [5.41, 5.74) is 4.31. The Balaban J connectivity index is 1.83. The number of para-hydroxylation sites is 1. The third kappa shape index (κ3) is 4.53. The zero-order chi connectivity index (χ0) is 19.4. The maximum atomic E-state index is 12.5. The first kappa shape index (κ1) is 18.6. The van der Waals surface area contributed by atoms with Gasteiger partial charge < -0.3 is 15.1 Å². The molecule has 0 spiro atoms. The number of nitrogens with one attached hydrogen (secondary N) is 2. The number of rotatable bonds is 6. The molecule has 3 rings (SSSR count). The van der Waals surface area contributed by atoms with Crippen molar-refractivity contribution in [2.45, 2.75) is 40.2 Å². The van der Waals surface area contributed by atoms with Gasteiger partial charge in [0.25, 0.3) is 5.91 Å². The SMILES string of the molecule is Cc1cc(C(=O)NCc2ccco2)nc(Nc2c(C)cccc2C(C)C)n1. The van der Waals surface area contributed by atoms with Gasteiger partial charge in [0.05, 0.1) is 12.8 Å². The monoisotopic (exact) mass is 364 g/mol. The Kier molecular flexibility index (Phi) is 5.54. The number of aromatic nitrogens is 2. The Morgan fingerprint density at radius 1 is 1.15 bits per heavy atom. The molecule has 0 saturated carbocycles. The molecule has 1 amide bonds. The number of carbonyl (C=O) groups excluding carboxylic acids is 1. The van der Waals surface area contributed by atoms with E-state index in [1.807, 2.05) is 32.0 Å². The number of amides is 1. The van der Waals surface area contributed by atoms with Crippen molar-refractivity contribution in [1.29, 1.82) is 0 Å². The molecule has 0 unspecified atom stereocenters. The minimum atomic E-state index is -0.270. The van der Waals surface area contributed by atoms with Crippen molar-refractivity contribution in [3.05, 3.63) is 70.9 Å². The van der Waals surface area contributed by atoms with Crippen molar-refractivity contribution < 1.29 is 9.21 Å². The van der Waals surface area contributed by atoms with E-state index < -0.39 is 0 Å². The number of anilines is 2. The Morgan fingerprint density at radius 3 is 2.67 bits per heavy atom. The highest BCUT2D eigenvalue weighted by molar-refractivity contribution is 5.92. The summed E-state index contributed by atoms with van der Waals surface area (Å²) < 4.78 is 5.24. The van der Waals surface area contributed by atoms with Crippen LogP contribution < -0.4 is 10.6 Å². The van der Waals surface area contributed by atoms with Crippen LogP contribution in [0.1, 0.15) is 52.8 Å². The summed E-state index contributed by atoms with van der Waals surface area (Å²) in [4.78, 5) is 21.3. The van der Waals surface area contributed by atoms with Crippen molar-refractivity contribution in [3.63, 3.8) is 0 Å². The lowest BCUT2D eigenvalue weighted by atomic mass is 9.98. The number of furan rings is 1. The lowest BCUT2D eigenvalue weighted by Gasteiger charge is -2.17. The zero-order valence-corrected chi connectivity index (χ0v) is 16.0. The van der Waals surface area contributed by atoms with E-state index in [-0.39, 0.29) is 5.91 Å². The van der Waals surface area contributed by atoms with Crippen molar-refractivity contribution in [2.75, 3.05) is 5.32 Å². The topological polar surface area (TPSA) is 80.0 Å². The van der Waals surface area contributed by atoms with Crippen LogP contribution in [0.5, 0.6) is 0 Å². The lowest BCUT2D eigenvalue weighted by molar-refractivity contribution is 0.0943. The average Bonchev–Trinajstić information content (AvgIpc) is 3.14. The molecular weight excluding hydrogens is 340 g/mol. The molecule has 0 atom stereocenters. The molecule has 1 aromatic carbocycles. The number of benzene rings is 1. The molecule has 0 aliphatic rings. The van der Waals surface area contributed by atoms with Crippen LogP contribution in [0.4, 0.5) is 11.6 Å². The van der Waals surface area contributed by atoms with Crippen LogP contribution in [-0.4, -0.2) is 15.9 Å². The van der Waals surface area contributed by atoms with Gasteiger partial charge in [-0.25, -0.2) is 9.97 Å². The minimum Gasteiger partial charge on any atom is -0.467 e. The molecule has 0 aliphatic heterocycles. The molecule has 2 heterocycles. The van der Waals surface area contributed by atoms with Gasteiger partial charge in [0, 0.05) is 11.4 Å². The summed E-state index contributed by atoms with van der Waals surface area (Å²) in [5, 5.41) is 6.12. The molecule has 2 N–H and O–H groups in total. The first-order chi connectivity index (χ1) is 12.9. The van der Waals surface area contributed by atoms with Crippen LogP contribution in [0.15, 0.2) is 47.1 Å². The van der Waals surface area contributed by atoms with E-state index in [2.05, 4.69) is 40.5 Å². The highest BCUT2D eigenvalue weighted by atomic mass is 16.3. The van der Waals surface area contributed by atoms with E-state index in [0.717, 1.165) is 16.9 Å². The van der Waals surface area contributed by atoms with Crippen molar-refractivity contribution in [3.8, 4) is 0 Å². The fourth-order valence-electron chi connectivity index (χ4n) is 2.87. The Labute approximate surface area is 159 Å². The Hall–Kier alpha value is -3.15. The van der Waals surface area contributed by atoms with Crippen LogP contribution >= 0.6 is 0 Å². The zero-order valence-electron chi connectivity index (χ0n) is 16.0. The molecule has 0 bridgehead atoms. The summed E-state index contributed by atoms with van der Waals surface area (Å²) in [6.07, 6.45) is 1.58. The normalized spacial score (nSPS) is 10.9. The number of nitrogens with zero attached hydrogens (tertiary/aromatic N) is 2. The Bertz CT molecular complexity index is 933. The van der Waals surface area contributed by atoms with Gasteiger partial charge in [-0.1, -0.05) is 32.0 Å². The quantitative estimate of drug-likeness (QED) is 0.674. The summed E-state index contributed by atoms with van der Waals surface area (Å²) in [7, 11) is 0. The largest absolute Gasteiger partial charge is 0.467 e. The van der Waals surface area contributed by atoms with E-state index >= 15 is 0 Å². The van der Waals surface area contributed by atoms with Crippen molar-refractivity contribution in [1.82, 2.24) is 15.3 Å². The third-order valence-electron chi connectivity index (χ3n) is 4.25. The summed E-state index contributed by atoms with van der Waals surface area (Å²) in [5.74, 6) is 1.19. The van der Waals surface area contributed by atoms with Crippen LogP contribution in [0.3, 0.4) is 0 Å². The second kappa shape index (κ2) is 8.03. The van der Waals surface area contributed by atoms with E-state index in [4.69, 9.17) is 4.42 Å². The minimum absolute atomic E-state index is 0.270. The molecule has 3 aromatic rings. The van der Waals surface area contributed by atoms with E-state index in [1.54, 1.807) is 18.4 Å². The second-order valence-corrected chi connectivity index (χ2v) is 6.80. The smallest absolute Gasteiger partial charge is 0.270 e. The summed E-state index contributed by atoms with van der Waals surface area (Å²) in [6, 6.07) is 11.4. The van der Waals surface area contributed by atoms with Crippen LogP contribution in [0.2, 0.25) is 0 Å². The number of hydrogen-bond acceptors (Lipinski definition) is 5. The number of hydrogen-bond donors (Lipinski definition) is 2. The molecule has 140 valence electrons. The van der Waals surface area contributed by atoms with Gasteiger partial charge in [-0.15, -0.1) is 0 Å². The molecule has 6 nitrogen and oxygen atoms in total. The van der Waals surface area contributed by atoms with Crippen molar-refractivity contribution >= 4 is 17.5 Å². The van der Waals surface area contributed by atoms with Gasteiger partial charge in [0.2, 0.25) is 5.95 Å². The first-order valence-corrected chi connectivity index (χ1v) is 8.97. The van der Waals surface area contributed by atoms with Crippen LogP contribution in [-0.2, 0) is 6.54 Å². The van der Waals surface area contributed by atoms with E-state index in [1.165, 1.54) is 5.56 Å². The average molecular weight is 364 g/mol. The second-order valence-electron chi connectivity index (χ2n) is 6.80. The molecule has 27 heavy (non-hydrogen) atoms. The van der Waals surface area contributed by atoms with E-state index in [9.17, 15) is 4.79 Å². The lowest BCUT2D eigenvalue weighted by Crippen LogP contribution is -2.24. The fourth-order valence-corrected chi connectivity index (χ4v) is 2.87. The predicted octanol–water partition coefficient (Wildman–Crippen LogP) is 4.48. The van der Waals surface area contributed by atoms with Crippen LogP contribution in [0, 0.1) is 13.8 Å². The molecule has 0 radical (unpaired) electrons. The maximum Gasteiger partial charge on any atom is 0.270 e. The number of aryl methyl sites for hydroxylation is 2. The predicted molar refractivity (Wildman–Crippen MR) is 105 cm³/mol. The standard InChI is InChI=1S/C21H24N4O2/c1-13(2)17-9-5-7-14(3)19(17)25-21-23-15(4)11-18(24-21)20(26)22-12-16-8-6-10-27-16/h5-11,13H,12H2,1-4H3,(H,22,26)(H,23,24,25). The van der Waals surface area contributed by atoms with Crippen LogP contribution in [0.25, 0.3) is 0 Å². The molecular formula is C21H24N4O2. The highest BCUT2D eigenvalue weighted by Crippen LogP contribution is 2.29. The third-order valence-corrected chi connectivity index (χ3v) is 4.25. The molecule has 2 aromatic heterocycles. The van der Waals surface area contributed by atoms with E-state index in [0.29, 0.717) is 29.9 Å². The molecule has 0 fully saturated rings. The first-order valence-electron chi connectivity index (χ1n) is 8.97. The highest BCUT2D eigenvalue weighted by Gasteiger charge is 2.14. The van der Waals surface area contributed by atoms with Gasteiger partial charge in [0.15, 0.2) is 0 Å². The Morgan fingerprint density at radius 2 is 1.96 bits per heavy atom. The summed E-state index contributed by atoms with van der Waals surface area (Å²) in [6.45, 7) is 8.49. The van der Waals surface area contributed by atoms with Gasteiger partial charge in [0.1, 0.15) is 11.5 Å². The van der Waals surface area contributed by atoms with Gasteiger partial charge in [-0.2, -0.15) is 0 Å². The summed E-state index contributed by atoms with van der Waals surface area (Å²) >= 11 is 0. The fraction of sp³-hybridized carbons (Fsp3) is 0.286. The van der Waals surface area contributed by atoms with Crippen molar-refractivity contribution in [2.24, 2.45) is 0 Å². The van der Waals surface area contributed by atoms with Gasteiger partial charge >= 0.3 is 0 Å². The molecule has 0 aliphatic carbocycles. The van der Waals surface area contributed by atoms with Gasteiger partial charge in [-0.3, -0.25) is 4.79 Å².